The molecule has 0 N–H and O–H groups in total. The first-order valence-corrected chi connectivity index (χ1v) is 18.5. The molecule has 0 unspecified atom stereocenters. The lowest BCUT2D eigenvalue weighted by Gasteiger charge is -2.26. The maximum Gasteiger partial charge on any atom is 0.160 e. The van der Waals surface area contributed by atoms with Crippen molar-refractivity contribution in [2.75, 3.05) is 4.90 Å². The van der Waals surface area contributed by atoms with E-state index < -0.39 is 0 Å². The van der Waals surface area contributed by atoms with Crippen LogP contribution in [0.2, 0.25) is 0 Å². The summed E-state index contributed by atoms with van der Waals surface area (Å²) in [5.74, 6) is 0.699. The van der Waals surface area contributed by atoms with Crippen molar-refractivity contribution in [3.05, 3.63) is 206 Å². The Morgan fingerprint density at radius 3 is 1.53 bits per heavy atom. The zero-order chi connectivity index (χ0) is 36.6. The van der Waals surface area contributed by atoms with Crippen LogP contribution in [0.4, 0.5) is 17.1 Å². The van der Waals surface area contributed by atoms with E-state index in [1.165, 1.54) is 5.39 Å². The van der Waals surface area contributed by atoms with Crippen LogP contribution in [-0.2, 0) is 0 Å². The molecule has 0 spiro atoms. The number of rotatable bonds is 7. The first-order chi connectivity index (χ1) is 27.3. The molecule has 10 rings (SSSR count). The van der Waals surface area contributed by atoms with Crippen LogP contribution in [0.1, 0.15) is 0 Å². The maximum absolute atomic E-state index is 5.43. The van der Waals surface area contributed by atoms with Gasteiger partial charge < -0.3 is 4.90 Å². The Hall–Kier alpha value is -7.43. The van der Waals surface area contributed by atoms with Crippen molar-refractivity contribution >= 4 is 49.5 Å². The van der Waals surface area contributed by atoms with Crippen LogP contribution >= 0.6 is 0 Å². The Labute approximate surface area is 319 Å². The van der Waals surface area contributed by atoms with Gasteiger partial charge in [0.15, 0.2) is 5.82 Å². The Morgan fingerprint density at radius 1 is 0.327 bits per heavy atom. The zero-order valence-corrected chi connectivity index (χ0v) is 29.9. The van der Waals surface area contributed by atoms with Gasteiger partial charge in [-0.1, -0.05) is 164 Å². The molecule has 55 heavy (non-hydrogen) atoms. The van der Waals surface area contributed by atoms with Crippen LogP contribution in [0.5, 0.6) is 0 Å². The summed E-state index contributed by atoms with van der Waals surface area (Å²) in [5, 5.41) is 5.65. The third-order valence-electron chi connectivity index (χ3n) is 10.2. The van der Waals surface area contributed by atoms with Crippen molar-refractivity contribution in [2.24, 2.45) is 0 Å². The van der Waals surface area contributed by atoms with E-state index in [0.29, 0.717) is 5.82 Å². The molecule has 0 atom stereocenters. The zero-order valence-electron chi connectivity index (χ0n) is 29.9. The number of para-hydroxylation sites is 2. The van der Waals surface area contributed by atoms with E-state index in [1.54, 1.807) is 0 Å². The number of aromatic nitrogens is 3. The highest BCUT2D eigenvalue weighted by Gasteiger charge is 2.19. The fourth-order valence-electron chi connectivity index (χ4n) is 7.69. The van der Waals surface area contributed by atoms with Gasteiger partial charge in [0.1, 0.15) is 0 Å². The largest absolute Gasteiger partial charge is 0.310 e. The molecule has 258 valence electrons. The summed E-state index contributed by atoms with van der Waals surface area (Å²) in [6, 6.07) is 72.0. The number of pyridine rings is 1. The molecule has 0 saturated carbocycles. The normalized spacial score (nSPS) is 11.3. The highest BCUT2D eigenvalue weighted by molar-refractivity contribution is 6.24. The van der Waals surface area contributed by atoms with Crippen LogP contribution in [0, 0.1) is 0 Å². The summed E-state index contributed by atoms with van der Waals surface area (Å²) in [6.45, 7) is 0. The molecular formula is C51H34N4. The van der Waals surface area contributed by atoms with Crippen molar-refractivity contribution < 1.29 is 0 Å². The molecular weight excluding hydrogens is 669 g/mol. The first kappa shape index (κ1) is 32.2. The fraction of sp³-hybridized carbons (Fsp3) is 0. The molecule has 0 radical (unpaired) electrons. The van der Waals surface area contributed by atoms with Crippen LogP contribution in [0.25, 0.3) is 77.6 Å². The molecule has 10 aromatic rings. The SMILES string of the molecule is c1ccc(-c2cc(-c3cccc4c3ccc3c(-c5ccccc5)nc5cc(N(c6ccccc6)c6ccccc6)ccc5c34)nc(-c3ccccc3)n2)cc1. The first-order valence-electron chi connectivity index (χ1n) is 18.5. The predicted molar refractivity (Wildman–Crippen MR) is 229 cm³/mol. The van der Waals surface area contributed by atoms with Gasteiger partial charge in [-0.3, -0.25) is 0 Å². The minimum atomic E-state index is 0.699. The molecule has 0 aliphatic rings. The Kier molecular flexibility index (Phi) is 8.12. The number of anilines is 3. The van der Waals surface area contributed by atoms with Crippen LogP contribution in [0.3, 0.4) is 0 Å². The molecule has 0 aliphatic heterocycles. The van der Waals surface area contributed by atoms with Gasteiger partial charge in [-0.25, -0.2) is 15.0 Å². The number of hydrogen-bond donors (Lipinski definition) is 0. The molecule has 8 aromatic carbocycles. The second kappa shape index (κ2) is 13.8. The molecule has 0 amide bonds. The standard InChI is InChI=1S/C51H34N4/c1-6-17-35(18-7-1)46-34-48(54-51(53-46)37-21-10-3-11-22-37)42-27-16-28-43-41(42)31-32-45-49(43)44-30-29-40(33-47(44)52-50(45)36-19-8-2-9-20-36)55(38-23-12-4-13-24-38)39-25-14-5-15-26-39/h1-34H. The van der Waals surface area contributed by atoms with E-state index in [-0.39, 0.29) is 0 Å². The van der Waals surface area contributed by atoms with Crippen LogP contribution in [-0.4, -0.2) is 15.0 Å². The summed E-state index contributed by atoms with van der Waals surface area (Å²) in [5.41, 5.74) is 11.0. The van der Waals surface area contributed by atoms with Crippen molar-refractivity contribution in [1.29, 1.82) is 0 Å². The number of hydrogen-bond acceptors (Lipinski definition) is 4. The van der Waals surface area contributed by atoms with E-state index in [0.717, 1.165) is 83.5 Å². The molecule has 4 nitrogen and oxygen atoms in total. The van der Waals surface area contributed by atoms with E-state index in [4.69, 9.17) is 15.0 Å². The second-order valence-electron chi connectivity index (χ2n) is 13.6. The molecule has 4 heteroatoms. The average molecular weight is 703 g/mol. The van der Waals surface area contributed by atoms with Gasteiger partial charge in [-0.15, -0.1) is 0 Å². The quantitative estimate of drug-likeness (QED) is 0.155. The summed E-state index contributed by atoms with van der Waals surface area (Å²) in [6.07, 6.45) is 0. The van der Waals surface area contributed by atoms with Crippen LogP contribution in [0.15, 0.2) is 206 Å². The van der Waals surface area contributed by atoms with E-state index in [1.807, 2.05) is 24.3 Å². The maximum atomic E-state index is 5.43. The predicted octanol–water partition coefficient (Wildman–Crippen LogP) is 13.5. The average Bonchev–Trinajstić information content (AvgIpc) is 3.27. The van der Waals surface area contributed by atoms with Crippen molar-refractivity contribution in [3.8, 4) is 45.2 Å². The lowest BCUT2D eigenvalue weighted by molar-refractivity contribution is 1.18. The lowest BCUT2D eigenvalue weighted by Crippen LogP contribution is -2.09. The molecule has 2 heterocycles. The Morgan fingerprint density at radius 2 is 0.873 bits per heavy atom. The van der Waals surface area contributed by atoms with E-state index >= 15 is 0 Å². The van der Waals surface area contributed by atoms with Crippen molar-refractivity contribution in [2.45, 2.75) is 0 Å². The molecule has 0 saturated heterocycles. The monoisotopic (exact) mass is 702 g/mol. The molecule has 0 aliphatic carbocycles. The number of nitrogens with zero attached hydrogens (tertiary/aromatic N) is 4. The smallest absolute Gasteiger partial charge is 0.160 e. The Bertz CT molecular complexity index is 2850. The summed E-state index contributed by atoms with van der Waals surface area (Å²) < 4.78 is 0. The number of fused-ring (bicyclic) bond motifs is 5. The highest BCUT2D eigenvalue weighted by atomic mass is 15.1. The summed E-state index contributed by atoms with van der Waals surface area (Å²) in [4.78, 5) is 18.0. The minimum Gasteiger partial charge on any atom is -0.310 e. The third kappa shape index (κ3) is 5.96. The molecule has 2 aromatic heterocycles. The molecule has 0 fully saturated rings. The second-order valence-corrected chi connectivity index (χ2v) is 13.6. The number of benzene rings is 8. The van der Waals surface area contributed by atoms with Gasteiger partial charge in [-0.05, 0) is 53.2 Å². The van der Waals surface area contributed by atoms with Gasteiger partial charge >= 0.3 is 0 Å². The van der Waals surface area contributed by atoms with Crippen molar-refractivity contribution in [3.63, 3.8) is 0 Å². The Balaban J connectivity index is 1.23. The van der Waals surface area contributed by atoms with Gasteiger partial charge in [0.2, 0.25) is 0 Å². The van der Waals surface area contributed by atoms with Crippen molar-refractivity contribution in [1.82, 2.24) is 15.0 Å². The summed E-state index contributed by atoms with van der Waals surface area (Å²) >= 11 is 0. The highest BCUT2D eigenvalue weighted by Crippen LogP contribution is 2.42. The van der Waals surface area contributed by atoms with Gasteiger partial charge in [0, 0.05) is 55.5 Å². The molecule has 0 bridgehead atoms. The van der Waals surface area contributed by atoms with Gasteiger partial charge in [0.05, 0.1) is 22.6 Å². The van der Waals surface area contributed by atoms with E-state index in [9.17, 15) is 0 Å². The van der Waals surface area contributed by atoms with Crippen LogP contribution < -0.4 is 4.90 Å². The summed E-state index contributed by atoms with van der Waals surface area (Å²) in [7, 11) is 0. The lowest BCUT2D eigenvalue weighted by atomic mass is 9.92. The van der Waals surface area contributed by atoms with E-state index in [2.05, 4.69) is 187 Å². The van der Waals surface area contributed by atoms with Gasteiger partial charge in [-0.2, -0.15) is 0 Å². The fourth-order valence-corrected chi connectivity index (χ4v) is 7.69. The van der Waals surface area contributed by atoms with Gasteiger partial charge in [0.25, 0.3) is 0 Å². The third-order valence-corrected chi connectivity index (χ3v) is 10.2. The topological polar surface area (TPSA) is 41.9 Å². The minimum absolute atomic E-state index is 0.699.